The number of halogens is 1. The van der Waals surface area contributed by atoms with Crippen LogP contribution in [0, 0.1) is 0 Å². The maximum absolute atomic E-state index is 12.9. The maximum atomic E-state index is 12.9. The second kappa shape index (κ2) is 7.76. The second-order valence-electron chi connectivity index (χ2n) is 7.42. The van der Waals surface area contributed by atoms with Gasteiger partial charge in [-0.25, -0.2) is 0 Å². The Morgan fingerprint density at radius 3 is 2.43 bits per heavy atom. The Balaban J connectivity index is 1.56. The molecule has 2 aromatic carbocycles. The van der Waals surface area contributed by atoms with Crippen LogP contribution in [-0.2, 0) is 0 Å². The molecule has 2 N–H and O–H groups in total. The summed E-state index contributed by atoms with van der Waals surface area (Å²) in [4.78, 5) is 36.5. The van der Waals surface area contributed by atoms with Crippen molar-refractivity contribution in [1.29, 1.82) is 0 Å². The molecule has 2 aromatic rings. The molecule has 1 saturated carbocycles. The van der Waals surface area contributed by atoms with Crippen LogP contribution in [0.15, 0.2) is 42.5 Å². The first-order valence-electron chi connectivity index (χ1n) is 9.59. The zero-order valence-corrected chi connectivity index (χ0v) is 16.1. The lowest BCUT2D eigenvalue weighted by Gasteiger charge is -2.27. The molecular weight excluding hydrogens is 376 g/mol. The van der Waals surface area contributed by atoms with Crippen molar-refractivity contribution in [2.45, 2.75) is 44.1 Å². The molecule has 3 amide bonds. The first kappa shape index (κ1) is 18.7. The molecule has 6 heteroatoms. The number of imide groups is 1. The third-order valence-electron chi connectivity index (χ3n) is 5.63. The van der Waals surface area contributed by atoms with Crippen molar-refractivity contribution in [3.05, 3.63) is 69.7 Å². The standard InChI is InChI=1S/C22H21ClN2O3/c23-15-9-6-13(7-10-15)16-4-2-1-3-5-19(16)24-20(26)14-8-11-17-18(12-14)22(28)25-21(17)27/h6-12,16,19H,1-5H2,(H,24,26)(H,25,27,28). The summed E-state index contributed by atoms with van der Waals surface area (Å²) in [7, 11) is 0. The first-order valence-corrected chi connectivity index (χ1v) is 9.97. The summed E-state index contributed by atoms with van der Waals surface area (Å²) in [6, 6.07) is 12.5. The minimum absolute atomic E-state index is 0.0138. The predicted octanol–water partition coefficient (Wildman–Crippen LogP) is 4.07. The van der Waals surface area contributed by atoms with Crippen molar-refractivity contribution in [2.75, 3.05) is 0 Å². The van der Waals surface area contributed by atoms with Crippen molar-refractivity contribution in [2.24, 2.45) is 0 Å². The molecule has 1 fully saturated rings. The number of nitrogens with one attached hydrogen (secondary N) is 2. The maximum Gasteiger partial charge on any atom is 0.258 e. The molecule has 5 nitrogen and oxygen atoms in total. The number of hydrogen-bond acceptors (Lipinski definition) is 3. The van der Waals surface area contributed by atoms with Crippen molar-refractivity contribution in [3.63, 3.8) is 0 Å². The fourth-order valence-electron chi connectivity index (χ4n) is 4.15. The Bertz CT molecular complexity index is 939. The average Bonchev–Trinajstić information content (AvgIpc) is 2.85. The molecule has 2 aliphatic rings. The second-order valence-corrected chi connectivity index (χ2v) is 7.86. The molecule has 1 heterocycles. The highest BCUT2D eigenvalue weighted by Gasteiger charge is 2.30. The monoisotopic (exact) mass is 396 g/mol. The molecule has 1 aliphatic heterocycles. The number of amides is 3. The highest BCUT2D eigenvalue weighted by atomic mass is 35.5. The number of fused-ring (bicyclic) bond motifs is 1. The van der Waals surface area contributed by atoms with Crippen LogP contribution >= 0.6 is 11.6 Å². The smallest absolute Gasteiger partial charge is 0.258 e. The Morgan fingerprint density at radius 1 is 0.929 bits per heavy atom. The highest BCUT2D eigenvalue weighted by molar-refractivity contribution is 6.30. The molecular formula is C22H21ClN2O3. The molecule has 0 saturated heterocycles. The summed E-state index contributed by atoms with van der Waals surface area (Å²) in [5.41, 5.74) is 2.14. The SMILES string of the molecule is O=C(NC1CCCCCC1c1ccc(Cl)cc1)c1ccc2c(c1)C(=O)NC2=O. The van der Waals surface area contributed by atoms with Gasteiger partial charge in [-0.15, -0.1) is 0 Å². The van der Waals surface area contributed by atoms with Crippen molar-refractivity contribution < 1.29 is 14.4 Å². The predicted molar refractivity (Wildman–Crippen MR) is 107 cm³/mol. The van der Waals surface area contributed by atoms with Crippen LogP contribution in [0.3, 0.4) is 0 Å². The Hall–Kier alpha value is -2.66. The van der Waals surface area contributed by atoms with E-state index >= 15 is 0 Å². The minimum atomic E-state index is -0.455. The van der Waals surface area contributed by atoms with Gasteiger partial charge in [0, 0.05) is 22.5 Å². The van der Waals surface area contributed by atoms with Crippen molar-refractivity contribution in [1.82, 2.24) is 10.6 Å². The van der Waals surface area contributed by atoms with Gasteiger partial charge in [-0.3, -0.25) is 19.7 Å². The minimum Gasteiger partial charge on any atom is -0.349 e. The highest BCUT2D eigenvalue weighted by Crippen LogP contribution is 2.33. The lowest BCUT2D eigenvalue weighted by molar-refractivity contribution is 0.0878. The topological polar surface area (TPSA) is 75.3 Å². The molecule has 28 heavy (non-hydrogen) atoms. The van der Waals surface area contributed by atoms with Gasteiger partial charge in [-0.1, -0.05) is 43.0 Å². The summed E-state index contributed by atoms with van der Waals surface area (Å²) in [6.07, 6.45) is 5.26. The molecule has 2 unspecified atom stereocenters. The third-order valence-corrected chi connectivity index (χ3v) is 5.88. The number of carbonyl (C=O) groups excluding carboxylic acids is 3. The molecule has 1 aliphatic carbocycles. The van der Waals surface area contributed by atoms with Gasteiger partial charge in [0.05, 0.1) is 11.1 Å². The van der Waals surface area contributed by atoms with Gasteiger partial charge in [0.25, 0.3) is 17.7 Å². The van der Waals surface area contributed by atoms with E-state index in [2.05, 4.69) is 10.6 Å². The quantitative estimate of drug-likeness (QED) is 0.606. The molecule has 0 spiro atoms. The van der Waals surface area contributed by atoms with E-state index in [0.717, 1.165) is 32.1 Å². The largest absolute Gasteiger partial charge is 0.349 e. The van der Waals surface area contributed by atoms with E-state index in [1.807, 2.05) is 24.3 Å². The average molecular weight is 397 g/mol. The molecule has 0 aromatic heterocycles. The van der Waals surface area contributed by atoms with E-state index in [1.54, 1.807) is 6.07 Å². The molecule has 4 rings (SSSR count). The third kappa shape index (κ3) is 3.67. The normalized spacial score (nSPS) is 21.6. The molecule has 0 bridgehead atoms. The molecule has 2 atom stereocenters. The van der Waals surface area contributed by atoms with Gasteiger partial charge in [0.2, 0.25) is 0 Å². The zero-order chi connectivity index (χ0) is 19.7. The van der Waals surface area contributed by atoms with E-state index in [1.165, 1.54) is 17.7 Å². The Kier molecular flexibility index (Phi) is 5.18. The van der Waals surface area contributed by atoms with E-state index in [0.29, 0.717) is 16.1 Å². The number of rotatable bonds is 3. The van der Waals surface area contributed by atoms with Crippen LogP contribution in [0.4, 0.5) is 0 Å². The summed E-state index contributed by atoms with van der Waals surface area (Å²) in [5.74, 6) is -0.870. The van der Waals surface area contributed by atoms with Crippen LogP contribution in [0.25, 0.3) is 0 Å². The van der Waals surface area contributed by atoms with Crippen molar-refractivity contribution in [3.8, 4) is 0 Å². The number of carbonyl (C=O) groups is 3. The first-order chi connectivity index (χ1) is 13.5. The van der Waals surface area contributed by atoms with E-state index in [4.69, 9.17) is 11.6 Å². The van der Waals surface area contributed by atoms with E-state index in [-0.39, 0.29) is 23.4 Å². The van der Waals surface area contributed by atoms with Crippen LogP contribution in [-0.4, -0.2) is 23.8 Å². The van der Waals surface area contributed by atoms with Gasteiger partial charge in [0.15, 0.2) is 0 Å². The summed E-state index contributed by atoms with van der Waals surface area (Å²) < 4.78 is 0. The van der Waals surface area contributed by atoms with E-state index < -0.39 is 11.8 Å². The molecule has 0 radical (unpaired) electrons. The lowest BCUT2D eigenvalue weighted by Crippen LogP contribution is -2.39. The number of benzene rings is 2. The van der Waals surface area contributed by atoms with Crippen LogP contribution in [0.1, 0.15) is 74.7 Å². The Labute approximate surface area is 168 Å². The molecule has 144 valence electrons. The Morgan fingerprint density at radius 2 is 1.64 bits per heavy atom. The van der Waals surface area contributed by atoms with Gasteiger partial charge in [0.1, 0.15) is 0 Å². The van der Waals surface area contributed by atoms with E-state index in [9.17, 15) is 14.4 Å². The lowest BCUT2D eigenvalue weighted by atomic mass is 9.87. The number of hydrogen-bond donors (Lipinski definition) is 2. The zero-order valence-electron chi connectivity index (χ0n) is 15.3. The van der Waals surface area contributed by atoms with Gasteiger partial charge in [-0.2, -0.15) is 0 Å². The van der Waals surface area contributed by atoms with Crippen LogP contribution in [0.2, 0.25) is 5.02 Å². The fraction of sp³-hybridized carbons (Fsp3) is 0.318. The van der Waals surface area contributed by atoms with Gasteiger partial charge in [-0.05, 0) is 48.7 Å². The van der Waals surface area contributed by atoms with Gasteiger partial charge >= 0.3 is 0 Å². The van der Waals surface area contributed by atoms with Crippen LogP contribution in [0.5, 0.6) is 0 Å². The summed E-state index contributed by atoms with van der Waals surface area (Å²) in [6.45, 7) is 0. The summed E-state index contributed by atoms with van der Waals surface area (Å²) >= 11 is 6.03. The van der Waals surface area contributed by atoms with Gasteiger partial charge < -0.3 is 5.32 Å². The summed E-state index contributed by atoms with van der Waals surface area (Å²) in [5, 5.41) is 6.12. The fourth-order valence-corrected chi connectivity index (χ4v) is 4.28. The van der Waals surface area contributed by atoms with Crippen molar-refractivity contribution >= 4 is 29.3 Å². The van der Waals surface area contributed by atoms with Crippen LogP contribution < -0.4 is 10.6 Å².